The van der Waals surface area contributed by atoms with Gasteiger partial charge in [0.05, 0.1) is 30.9 Å². The molecule has 0 fully saturated rings. The van der Waals surface area contributed by atoms with E-state index in [4.69, 9.17) is 15.5 Å². The van der Waals surface area contributed by atoms with Gasteiger partial charge in [-0.25, -0.2) is 0 Å². The number of hydrogen-bond acceptors (Lipinski definition) is 5. The lowest BCUT2D eigenvalue weighted by Crippen LogP contribution is -2.44. The fraction of sp³-hybridized carbons (Fsp3) is 0.429. The lowest BCUT2D eigenvalue weighted by Gasteiger charge is -2.26. The van der Waals surface area contributed by atoms with Crippen molar-refractivity contribution in [3.05, 3.63) is 29.8 Å². The number of nitrogens with zero attached hydrogens (tertiary/aromatic N) is 2. The molecule has 1 atom stereocenters. The van der Waals surface area contributed by atoms with Crippen molar-refractivity contribution in [1.29, 1.82) is 5.26 Å². The number of nitrogens with one attached hydrogen (secondary N) is 1. The maximum absolute atomic E-state index is 12.1. The molecule has 0 saturated carbocycles. The summed E-state index contributed by atoms with van der Waals surface area (Å²) in [6.07, 6.45) is 0. The summed E-state index contributed by atoms with van der Waals surface area (Å²) in [4.78, 5) is 13.8. The fourth-order valence-electron chi connectivity index (χ4n) is 1.80. The molecule has 0 aliphatic rings. The van der Waals surface area contributed by atoms with Gasteiger partial charge in [0, 0.05) is 18.8 Å². The van der Waals surface area contributed by atoms with Crippen molar-refractivity contribution in [2.75, 3.05) is 31.6 Å². The average Bonchev–Trinajstić information content (AvgIpc) is 2.47. The molecule has 0 aliphatic heterocycles. The lowest BCUT2D eigenvalue weighted by molar-refractivity contribution is -0.121. The topological polar surface area (TPSA) is 96.6 Å². The van der Waals surface area contributed by atoms with E-state index in [1.54, 1.807) is 36.1 Å². The normalized spacial score (nSPS) is 11.9. The van der Waals surface area contributed by atoms with Gasteiger partial charge in [-0.3, -0.25) is 9.69 Å². The number of aliphatic hydroxyl groups is 2. The van der Waals surface area contributed by atoms with Gasteiger partial charge in [-0.2, -0.15) is 5.26 Å². The molecule has 1 amide bonds. The van der Waals surface area contributed by atoms with Crippen molar-refractivity contribution in [3.63, 3.8) is 0 Å². The molecule has 0 radical (unpaired) electrons. The Hall–Kier alpha value is -1.94. The molecular formula is C14H19N3O3. The molecule has 6 heteroatoms. The van der Waals surface area contributed by atoms with Gasteiger partial charge < -0.3 is 15.5 Å². The Morgan fingerprint density at radius 3 is 2.30 bits per heavy atom. The Bertz CT molecular complexity index is 462. The van der Waals surface area contributed by atoms with Crippen LogP contribution in [0.5, 0.6) is 0 Å². The molecule has 1 aromatic carbocycles. The van der Waals surface area contributed by atoms with Crippen LogP contribution >= 0.6 is 0 Å². The van der Waals surface area contributed by atoms with Crippen molar-refractivity contribution in [3.8, 4) is 6.07 Å². The Balaban J connectivity index is 2.65. The summed E-state index contributed by atoms with van der Waals surface area (Å²) >= 11 is 0. The van der Waals surface area contributed by atoms with Crippen molar-refractivity contribution in [1.82, 2.24) is 4.90 Å². The predicted molar refractivity (Wildman–Crippen MR) is 75.0 cm³/mol. The molecule has 1 aromatic rings. The van der Waals surface area contributed by atoms with Gasteiger partial charge in [-0.15, -0.1) is 0 Å². The molecule has 3 N–H and O–H groups in total. The van der Waals surface area contributed by atoms with E-state index in [0.29, 0.717) is 24.3 Å². The van der Waals surface area contributed by atoms with E-state index < -0.39 is 6.04 Å². The Labute approximate surface area is 118 Å². The summed E-state index contributed by atoms with van der Waals surface area (Å²) in [5.41, 5.74) is 1.13. The second-order valence-corrected chi connectivity index (χ2v) is 4.34. The number of hydrogen-bond donors (Lipinski definition) is 3. The first kappa shape index (κ1) is 16.1. The summed E-state index contributed by atoms with van der Waals surface area (Å²) in [6.45, 7) is 2.21. The van der Waals surface area contributed by atoms with Gasteiger partial charge in [0.2, 0.25) is 5.91 Å². The van der Waals surface area contributed by atoms with Gasteiger partial charge in [0.25, 0.3) is 0 Å². The largest absolute Gasteiger partial charge is 0.395 e. The van der Waals surface area contributed by atoms with Crippen LogP contribution in [-0.4, -0.2) is 53.4 Å². The van der Waals surface area contributed by atoms with Gasteiger partial charge >= 0.3 is 0 Å². The summed E-state index contributed by atoms with van der Waals surface area (Å²) in [6, 6.07) is 8.10. The minimum absolute atomic E-state index is 0.0749. The van der Waals surface area contributed by atoms with Crippen LogP contribution in [0, 0.1) is 11.3 Å². The van der Waals surface area contributed by atoms with Gasteiger partial charge in [-0.1, -0.05) is 0 Å². The summed E-state index contributed by atoms with van der Waals surface area (Å²) in [7, 11) is 0. The van der Waals surface area contributed by atoms with Crippen LogP contribution in [0.1, 0.15) is 12.5 Å². The number of nitriles is 1. The quantitative estimate of drug-likeness (QED) is 0.660. The monoisotopic (exact) mass is 277 g/mol. The number of rotatable bonds is 7. The van der Waals surface area contributed by atoms with Crippen molar-refractivity contribution >= 4 is 11.6 Å². The molecule has 0 spiro atoms. The van der Waals surface area contributed by atoms with E-state index in [0.717, 1.165) is 0 Å². The molecule has 0 aliphatic carbocycles. The number of aliphatic hydroxyl groups excluding tert-OH is 2. The zero-order valence-electron chi connectivity index (χ0n) is 11.4. The summed E-state index contributed by atoms with van der Waals surface area (Å²) < 4.78 is 0. The number of carbonyl (C=O) groups excluding carboxylic acids is 1. The van der Waals surface area contributed by atoms with E-state index in [1.807, 2.05) is 6.07 Å². The SMILES string of the molecule is CC(C(=O)Nc1ccc(C#N)cc1)N(CCO)CCO. The minimum atomic E-state index is -0.468. The maximum Gasteiger partial charge on any atom is 0.241 e. The molecule has 20 heavy (non-hydrogen) atoms. The second kappa shape index (κ2) is 8.27. The molecular weight excluding hydrogens is 258 g/mol. The fourth-order valence-corrected chi connectivity index (χ4v) is 1.80. The molecule has 6 nitrogen and oxygen atoms in total. The standard InChI is InChI=1S/C14H19N3O3/c1-11(17(6-8-18)7-9-19)14(20)16-13-4-2-12(10-15)3-5-13/h2-5,11,18-19H,6-9H2,1H3,(H,16,20). The highest BCUT2D eigenvalue weighted by molar-refractivity contribution is 5.94. The first-order valence-electron chi connectivity index (χ1n) is 6.39. The highest BCUT2D eigenvalue weighted by atomic mass is 16.3. The number of benzene rings is 1. The van der Waals surface area contributed by atoms with Crippen LogP contribution in [0.3, 0.4) is 0 Å². The van der Waals surface area contributed by atoms with Crippen LogP contribution in [0.15, 0.2) is 24.3 Å². The summed E-state index contributed by atoms with van der Waals surface area (Å²) in [5.74, 6) is -0.225. The first-order chi connectivity index (χ1) is 9.62. The van der Waals surface area contributed by atoms with Crippen LogP contribution < -0.4 is 5.32 Å². The molecule has 0 heterocycles. The van der Waals surface area contributed by atoms with Crippen LogP contribution in [0.25, 0.3) is 0 Å². The van der Waals surface area contributed by atoms with Crippen LogP contribution in [0.2, 0.25) is 0 Å². The van der Waals surface area contributed by atoms with E-state index >= 15 is 0 Å². The van der Waals surface area contributed by atoms with Gasteiger partial charge in [0.1, 0.15) is 0 Å². The van der Waals surface area contributed by atoms with Crippen LogP contribution in [-0.2, 0) is 4.79 Å². The Kier molecular flexibility index (Phi) is 6.67. The zero-order chi connectivity index (χ0) is 15.0. The third kappa shape index (κ3) is 4.63. The number of carbonyl (C=O) groups is 1. The van der Waals surface area contributed by atoms with E-state index in [1.165, 1.54) is 0 Å². The predicted octanol–water partition coefficient (Wildman–Crippen LogP) is 0.172. The first-order valence-corrected chi connectivity index (χ1v) is 6.39. The number of amides is 1. The molecule has 0 saturated heterocycles. The van der Waals surface area contributed by atoms with E-state index in [9.17, 15) is 4.79 Å². The molecule has 0 bridgehead atoms. The summed E-state index contributed by atoms with van der Waals surface area (Å²) in [5, 5.41) is 29.3. The third-order valence-electron chi connectivity index (χ3n) is 2.98. The lowest BCUT2D eigenvalue weighted by atomic mass is 10.2. The highest BCUT2D eigenvalue weighted by Gasteiger charge is 2.20. The second-order valence-electron chi connectivity index (χ2n) is 4.34. The van der Waals surface area contributed by atoms with Gasteiger partial charge in [-0.05, 0) is 31.2 Å². The molecule has 1 unspecified atom stereocenters. The molecule has 1 rings (SSSR count). The van der Waals surface area contributed by atoms with E-state index in [2.05, 4.69) is 5.32 Å². The van der Waals surface area contributed by atoms with Crippen molar-refractivity contribution in [2.24, 2.45) is 0 Å². The van der Waals surface area contributed by atoms with Crippen molar-refractivity contribution < 1.29 is 15.0 Å². The molecule has 0 aromatic heterocycles. The van der Waals surface area contributed by atoms with Gasteiger partial charge in [0.15, 0.2) is 0 Å². The Morgan fingerprint density at radius 2 is 1.85 bits per heavy atom. The average molecular weight is 277 g/mol. The highest BCUT2D eigenvalue weighted by Crippen LogP contribution is 2.10. The van der Waals surface area contributed by atoms with Crippen molar-refractivity contribution in [2.45, 2.75) is 13.0 Å². The van der Waals surface area contributed by atoms with E-state index in [-0.39, 0.29) is 19.1 Å². The Morgan fingerprint density at radius 1 is 1.30 bits per heavy atom. The maximum atomic E-state index is 12.1. The number of anilines is 1. The minimum Gasteiger partial charge on any atom is -0.395 e. The zero-order valence-corrected chi connectivity index (χ0v) is 11.4. The van der Waals surface area contributed by atoms with Crippen LogP contribution in [0.4, 0.5) is 5.69 Å². The third-order valence-corrected chi connectivity index (χ3v) is 2.98. The molecule has 108 valence electrons. The smallest absolute Gasteiger partial charge is 0.241 e.